The number of carbonyl (C=O) groups is 2. The molecule has 0 aliphatic carbocycles. The third-order valence-electron chi connectivity index (χ3n) is 5.03. The number of carbonyl (C=O) groups excluding carboxylic acids is 2. The number of rotatable bonds is 9. The van der Waals surface area contributed by atoms with Crippen LogP contribution in [0.1, 0.15) is 53.3 Å². The number of unbranched alkanes of at least 4 members (excludes halogenated alkanes) is 1. The Morgan fingerprint density at radius 1 is 1.06 bits per heavy atom. The van der Waals surface area contributed by atoms with Crippen LogP contribution in [-0.2, 0) is 4.74 Å². The van der Waals surface area contributed by atoms with Crippen molar-refractivity contribution in [3.63, 3.8) is 0 Å². The Hall–Kier alpha value is -2.97. The molecule has 2 amide bonds. The molecule has 0 spiro atoms. The van der Waals surface area contributed by atoms with Gasteiger partial charge in [-0.2, -0.15) is 0 Å². The Balaban J connectivity index is 1.44. The minimum Gasteiger partial charge on any atom is -0.494 e. The highest BCUT2D eigenvalue weighted by Gasteiger charge is 2.16. The highest BCUT2D eigenvalue weighted by atomic mass is 32.1. The van der Waals surface area contributed by atoms with Crippen LogP contribution in [-0.4, -0.2) is 42.8 Å². The second kappa shape index (κ2) is 12.2. The van der Waals surface area contributed by atoms with Gasteiger partial charge in [-0.1, -0.05) is 13.3 Å². The van der Waals surface area contributed by atoms with Crippen LogP contribution in [0.15, 0.2) is 48.5 Å². The third-order valence-corrected chi connectivity index (χ3v) is 5.23. The average Bonchev–Trinajstić information content (AvgIpc) is 3.32. The predicted octanol–water partition coefficient (Wildman–Crippen LogP) is 3.90. The van der Waals surface area contributed by atoms with Crippen molar-refractivity contribution in [3.05, 3.63) is 59.7 Å². The fourth-order valence-electron chi connectivity index (χ4n) is 3.19. The fraction of sp³-hybridized carbons (Fsp3) is 0.375. The lowest BCUT2D eigenvalue weighted by Gasteiger charge is -2.12. The number of thiocarbonyl (C=S) groups is 1. The van der Waals surface area contributed by atoms with E-state index < -0.39 is 0 Å². The van der Waals surface area contributed by atoms with Crippen LogP contribution in [0.5, 0.6) is 5.75 Å². The van der Waals surface area contributed by atoms with Crippen molar-refractivity contribution in [2.24, 2.45) is 0 Å². The quantitative estimate of drug-likeness (QED) is 0.393. The van der Waals surface area contributed by atoms with Gasteiger partial charge in [-0.25, -0.2) is 0 Å². The Bertz CT molecular complexity index is 910. The summed E-state index contributed by atoms with van der Waals surface area (Å²) < 4.78 is 11.1. The van der Waals surface area contributed by atoms with Crippen LogP contribution in [0.3, 0.4) is 0 Å². The van der Waals surface area contributed by atoms with Crippen molar-refractivity contribution in [1.82, 2.24) is 10.6 Å². The molecule has 1 unspecified atom stereocenters. The molecule has 8 heteroatoms. The van der Waals surface area contributed by atoms with Gasteiger partial charge in [-0.05, 0) is 80.0 Å². The normalized spacial score (nSPS) is 15.1. The van der Waals surface area contributed by atoms with Crippen LogP contribution in [0.25, 0.3) is 0 Å². The van der Waals surface area contributed by atoms with E-state index in [1.165, 1.54) is 0 Å². The summed E-state index contributed by atoms with van der Waals surface area (Å²) in [4.78, 5) is 24.7. The molecule has 1 aliphatic rings. The Labute approximate surface area is 193 Å². The molecule has 32 heavy (non-hydrogen) atoms. The standard InChI is InChI=1S/C24H29N3O4S/c1-2-3-14-30-20-12-8-18(9-13-20)23(29)27-24(32)26-19-10-6-17(7-11-19)22(28)25-16-21-5-4-15-31-21/h6-13,21H,2-5,14-16H2,1H3,(H,25,28)(H2,26,27,29,32). The molecule has 2 aromatic rings. The maximum atomic E-state index is 12.4. The second-order valence-electron chi connectivity index (χ2n) is 7.56. The van der Waals surface area contributed by atoms with Gasteiger partial charge in [-0.15, -0.1) is 0 Å². The first-order valence-corrected chi connectivity index (χ1v) is 11.3. The molecule has 0 bridgehead atoms. The van der Waals surface area contributed by atoms with E-state index >= 15 is 0 Å². The van der Waals surface area contributed by atoms with Gasteiger partial charge in [0.2, 0.25) is 0 Å². The van der Waals surface area contributed by atoms with E-state index in [0.29, 0.717) is 30.0 Å². The van der Waals surface area contributed by atoms with Crippen LogP contribution in [0, 0.1) is 0 Å². The topological polar surface area (TPSA) is 88.7 Å². The van der Waals surface area contributed by atoms with E-state index in [1.54, 1.807) is 48.5 Å². The minimum atomic E-state index is -0.312. The molecule has 1 aliphatic heterocycles. The van der Waals surface area contributed by atoms with Crippen molar-refractivity contribution in [1.29, 1.82) is 0 Å². The van der Waals surface area contributed by atoms with Crippen molar-refractivity contribution in [3.8, 4) is 5.75 Å². The first-order chi connectivity index (χ1) is 15.5. The van der Waals surface area contributed by atoms with E-state index in [-0.39, 0.29) is 23.0 Å². The third kappa shape index (κ3) is 7.32. The van der Waals surface area contributed by atoms with E-state index in [0.717, 1.165) is 38.0 Å². The molecule has 0 radical (unpaired) electrons. The lowest BCUT2D eigenvalue weighted by Crippen LogP contribution is -2.34. The molecule has 3 rings (SSSR count). The van der Waals surface area contributed by atoms with Crippen LogP contribution >= 0.6 is 12.2 Å². The molecule has 2 aromatic carbocycles. The number of hydrogen-bond acceptors (Lipinski definition) is 5. The summed E-state index contributed by atoms with van der Waals surface area (Å²) >= 11 is 5.24. The average molecular weight is 456 g/mol. The van der Waals surface area contributed by atoms with Gasteiger partial charge in [0.1, 0.15) is 5.75 Å². The highest BCUT2D eigenvalue weighted by Crippen LogP contribution is 2.14. The van der Waals surface area contributed by atoms with Gasteiger partial charge in [0.25, 0.3) is 11.8 Å². The summed E-state index contributed by atoms with van der Waals surface area (Å²) in [7, 11) is 0. The molecule has 1 atom stereocenters. The summed E-state index contributed by atoms with van der Waals surface area (Å²) in [5.74, 6) is 0.272. The largest absolute Gasteiger partial charge is 0.494 e. The molecular weight excluding hydrogens is 426 g/mol. The van der Waals surface area contributed by atoms with Crippen LogP contribution in [0.4, 0.5) is 5.69 Å². The molecule has 3 N–H and O–H groups in total. The van der Waals surface area contributed by atoms with Gasteiger partial charge < -0.3 is 20.1 Å². The molecule has 1 fully saturated rings. The van der Waals surface area contributed by atoms with Crippen molar-refractivity contribution >= 4 is 34.8 Å². The fourth-order valence-corrected chi connectivity index (χ4v) is 3.40. The van der Waals surface area contributed by atoms with E-state index in [2.05, 4.69) is 22.9 Å². The lowest BCUT2D eigenvalue weighted by molar-refractivity contribution is 0.0857. The molecule has 170 valence electrons. The van der Waals surface area contributed by atoms with Crippen LogP contribution in [0.2, 0.25) is 0 Å². The van der Waals surface area contributed by atoms with Gasteiger partial charge in [0.15, 0.2) is 5.11 Å². The molecule has 7 nitrogen and oxygen atoms in total. The van der Waals surface area contributed by atoms with Crippen molar-refractivity contribution in [2.75, 3.05) is 25.1 Å². The Kier molecular flexibility index (Phi) is 9.01. The zero-order valence-corrected chi connectivity index (χ0v) is 19.0. The molecule has 0 aromatic heterocycles. The number of benzene rings is 2. The Morgan fingerprint density at radius 3 is 2.41 bits per heavy atom. The highest BCUT2D eigenvalue weighted by molar-refractivity contribution is 7.80. The zero-order chi connectivity index (χ0) is 22.8. The summed E-state index contributed by atoms with van der Waals surface area (Å²) in [6.07, 6.45) is 4.17. The molecule has 1 saturated heterocycles. The van der Waals surface area contributed by atoms with E-state index in [1.807, 2.05) is 0 Å². The van der Waals surface area contributed by atoms with Gasteiger partial charge in [-0.3, -0.25) is 14.9 Å². The maximum absolute atomic E-state index is 12.4. The van der Waals surface area contributed by atoms with E-state index in [4.69, 9.17) is 21.7 Å². The van der Waals surface area contributed by atoms with Gasteiger partial charge in [0, 0.05) is 30.0 Å². The van der Waals surface area contributed by atoms with Gasteiger partial charge >= 0.3 is 0 Å². The van der Waals surface area contributed by atoms with Crippen molar-refractivity contribution in [2.45, 2.75) is 38.7 Å². The zero-order valence-electron chi connectivity index (χ0n) is 18.2. The van der Waals surface area contributed by atoms with Crippen molar-refractivity contribution < 1.29 is 19.1 Å². The number of nitrogens with one attached hydrogen (secondary N) is 3. The smallest absolute Gasteiger partial charge is 0.257 e. The first-order valence-electron chi connectivity index (χ1n) is 10.9. The Morgan fingerprint density at radius 2 is 1.75 bits per heavy atom. The summed E-state index contributed by atoms with van der Waals surface area (Å²) in [5, 5.41) is 8.67. The number of ether oxygens (including phenoxy) is 2. The molecule has 1 heterocycles. The summed E-state index contributed by atoms with van der Waals surface area (Å²) in [6, 6.07) is 13.8. The van der Waals surface area contributed by atoms with Crippen LogP contribution < -0.4 is 20.7 Å². The minimum absolute atomic E-state index is 0.102. The molecular formula is C24H29N3O4S. The SMILES string of the molecule is CCCCOc1ccc(C(=O)NC(=S)Nc2ccc(C(=O)NCC3CCCO3)cc2)cc1. The summed E-state index contributed by atoms with van der Waals surface area (Å²) in [5.41, 5.74) is 1.70. The van der Waals surface area contributed by atoms with Gasteiger partial charge in [0.05, 0.1) is 12.7 Å². The molecule has 0 saturated carbocycles. The number of anilines is 1. The maximum Gasteiger partial charge on any atom is 0.257 e. The second-order valence-corrected chi connectivity index (χ2v) is 7.97. The predicted molar refractivity (Wildman–Crippen MR) is 128 cm³/mol. The summed E-state index contributed by atoms with van der Waals surface area (Å²) in [6.45, 7) is 4.04. The van der Waals surface area contributed by atoms with E-state index in [9.17, 15) is 9.59 Å². The first kappa shape index (κ1) is 23.7. The number of amides is 2. The lowest BCUT2D eigenvalue weighted by atomic mass is 10.2. The number of hydrogen-bond donors (Lipinski definition) is 3. The monoisotopic (exact) mass is 455 g/mol.